The van der Waals surface area contributed by atoms with Gasteiger partial charge >= 0.3 is 0 Å². The van der Waals surface area contributed by atoms with Crippen LogP contribution in [0.4, 0.5) is 0 Å². The second kappa shape index (κ2) is 5.45. The van der Waals surface area contributed by atoms with E-state index in [1.165, 1.54) is 6.20 Å². The molecule has 6 heteroatoms. The van der Waals surface area contributed by atoms with Crippen molar-refractivity contribution in [3.8, 4) is 0 Å². The third kappa shape index (κ3) is 3.67. The predicted octanol–water partition coefficient (Wildman–Crippen LogP) is -0.172. The number of carbonyl (C=O) groups excluding carboxylic acids is 1. The van der Waals surface area contributed by atoms with Crippen molar-refractivity contribution in [2.24, 2.45) is 0 Å². The lowest BCUT2D eigenvalue weighted by Gasteiger charge is -2.17. The average molecular weight is 211 g/mol. The number of H-pyrrole nitrogens is 1. The van der Waals surface area contributed by atoms with E-state index in [1.54, 1.807) is 11.9 Å². The Morgan fingerprint density at radius 1 is 1.40 bits per heavy atom. The van der Waals surface area contributed by atoms with Gasteiger partial charge in [0.25, 0.3) is 5.91 Å². The number of rotatable bonds is 5. The number of nitrogens with zero attached hydrogens (tertiary/aromatic N) is 4. The van der Waals surface area contributed by atoms with E-state index in [9.17, 15) is 4.79 Å². The van der Waals surface area contributed by atoms with Crippen molar-refractivity contribution in [2.75, 3.05) is 34.2 Å². The fourth-order valence-electron chi connectivity index (χ4n) is 1.23. The van der Waals surface area contributed by atoms with Gasteiger partial charge in [-0.3, -0.25) is 4.79 Å². The van der Waals surface area contributed by atoms with Gasteiger partial charge in [0.2, 0.25) is 0 Å². The highest BCUT2D eigenvalue weighted by Crippen LogP contribution is 1.98. The average Bonchev–Trinajstić information content (AvgIpc) is 2.68. The minimum atomic E-state index is -0.0949. The standard InChI is InChI=1S/C9H17N5O/c1-13(2)5-4-6-14(3)9(15)8-7-10-12-11-8/h7H,4-6H2,1-3H3,(H,10,11,12). The van der Waals surface area contributed by atoms with E-state index < -0.39 is 0 Å². The number of amides is 1. The lowest BCUT2D eigenvalue weighted by molar-refractivity contribution is 0.0785. The molecule has 0 unspecified atom stereocenters. The highest BCUT2D eigenvalue weighted by molar-refractivity contribution is 5.91. The summed E-state index contributed by atoms with van der Waals surface area (Å²) in [6.07, 6.45) is 2.39. The SMILES string of the molecule is CN(C)CCCN(C)C(=O)c1cn[nH]n1. The molecule has 0 atom stereocenters. The summed E-state index contributed by atoms with van der Waals surface area (Å²) >= 11 is 0. The summed E-state index contributed by atoms with van der Waals surface area (Å²) in [6, 6.07) is 0. The number of carbonyl (C=O) groups is 1. The Bertz CT molecular complexity index is 295. The zero-order valence-corrected chi connectivity index (χ0v) is 9.40. The van der Waals surface area contributed by atoms with Gasteiger partial charge < -0.3 is 9.80 Å². The molecule has 0 aliphatic rings. The molecule has 0 aliphatic heterocycles. The normalized spacial score (nSPS) is 10.7. The zero-order valence-electron chi connectivity index (χ0n) is 9.40. The Morgan fingerprint density at radius 3 is 2.67 bits per heavy atom. The van der Waals surface area contributed by atoms with Crippen molar-refractivity contribution in [1.82, 2.24) is 25.2 Å². The molecular formula is C9H17N5O. The number of hydrogen-bond donors (Lipinski definition) is 1. The number of hydrogen-bond acceptors (Lipinski definition) is 4. The minimum absolute atomic E-state index is 0.0949. The van der Waals surface area contributed by atoms with Crippen LogP contribution in [-0.2, 0) is 0 Å². The molecule has 0 aromatic carbocycles. The Kier molecular flexibility index (Phi) is 4.23. The number of aromatic nitrogens is 3. The summed E-state index contributed by atoms with van der Waals surface area (Å²) in [5.41, 5.74) is 0.363. The molecule has 1 aromatic heterocycles. The first-order valence-electron chi connectivity index (χ1n) is 4.87. The molecule has 0 saturated carbocycles. The first kappa shape index (κ1) is 11.6. The van der Waals surface area contributed by atoms with Crippen molar-refractivity contribution in [1.29, 1.82) is 0 Å². The van der Waals surface area contributed by atoms with Gasteiger partial charge in [0.15, 0.2) is 5.69 Å². The van der Waals surface area contributed by atoms with Crippen molar-refractivity contribution in [3.05, 3.63) is 11.9 Å². The quantitative estimate of drug-likeness (QED) is 0.734. The van der Waals surface area contributed by atoms with E-state index >= 15 is 0 Å². The fraction of sp³-hybridized carbons (Fsp3) is 0.667. The van der Waals surface area contributed by atoms with Crippen LogP contribution < -0.4 is 0 Å². The van der Waals surface area contributed by atoms with Crippen LogP contribution in [0.2, 0.25) is 0 Å². The predicted molar refractivity (Wildman–Crippen MR) is 56.5 cm³/mol. The summed E-state index contributed by atoms with van der Waals surface area (Å²) in [4.78, 5) is 15.4. The van der Waals surface area contributed by atoms with E-state index in [4.69, 9.17) is 0 Å². The fourth-order valence-corrected chi connectivity index (χ4v) is 1.23. The summed E-state index contributed by atoms with van der Waals surface area (Å²) in [6.45, 7) is 1.69. The van der Waals surface area contributed by atoms with Crippen molar-refractivity contribution in [3.63, 3.8) is 0 Å². The van der Waals surface area contributed by atoms with E-state index in [1.807, 2.05) is 14.1 Å². The molecule has 0 spiro atoms. The summed E-state index contributed by atoms with van der Waals surface area (Å²) in [5, 5.41) is 9.77. The molecular weight excluding hydrogens is 194 g/mol. The van der Waals surface area contributed by atoms with Crippen molar-refractivity contribution >= 4 is 5.91 Å². The zero-order chi connectivity index (χ0) is 11.3. The topological polar surface area (TPSA) is 65.1 Å². The summed E-state index contributed by atoms with van der Waals surface area (Å²) in [7, 11) is 5.80. The number of nitrogens with one attached hydrogen (secondary N) is 1. The molecule has 1 N–H and O–H groups in total. The maximum Gasteiger partial charge on any atom is 0.275 e. The van der Waals surface area contributed by atoms with Crippen LogP contribution in [0.5, 0.6) is 0 Å². The molecule has 0 radical (unpaired) electrons. The monoisotopic (exact) mass is 211 g/mol. The van der Waals surface area contributed by atoms with Crippen LogP contribution in [0, 0.1) is 0 Å². The first-order chi connectivity index (χ1) is 7.11. The van der Waals surface area contributed by atoms with E-state index in [0.29, 0.717) is 5.69 Å². The van der Waals surface area contributed by atoms with Crippen LogP contribution >= 0.6 is 0 Å². The van der Waals surface area contributed by atoms with Gasteiger partial charge in [-0.15, -0.1) is 0 Å². The molecule has 6 nitrogen and oxygen atoms in total. The van der Waals surface area contributed by atoms with Crippen molar-refractivity contribution in [2.45, 2.75) is 6.42 Å². The van der Waals surface area contributed by atoms with E-state index in [2.05, 4.69) is 20.3 Å². The molecule has 84 valence electrons. The minimum Gasteiger partial charge on any atom is -0.340 e. The third-order valence-corrected chi connectivity index (χ3v) is 2.08. The van der Waals surface area contributed by atoms with Gasteiger partial charge in [-0.25, -0.2) is 0 Å². The lowest BCUT2D eigenvalue weighted by atomic mass is 10.3. The molecule has 0 fully saturated rings. The van der Waals surface area contributed by atoms with Crippen LogP contribution in [0.1, 0.15) is 16.9 Å². The maximum absolute atomic E-state index is 11.7. The Hall–Kier alpha value is -1.43. The molecule has 0 saturated heterocycles. The van der Waals surface area contributed by atoms with Gasteiger partial charge in [-0.05, 0) is 27.1 Å². The van der Waals surface area contributed by atoms with Gasteiger partial charge in [0.05, 0.1) is 6.20 Å². The van der Waals surface area contributed by atoms with Gasteiger partial charge in [-0.2, -0.15) is 15.4 Å². The molecule has 1 amide bonds. The van der Waals surface area contributed by atoms with Crippen LogP contribution in [-0.4, -0.2) is 65.4 Å². The summed E-state index contributed by atoms with van der Waals surface area (Å²) in [5.74, 6) is -0.0949. The van der Waals surface area contributed by atoms with Crippen molar-refractivity contribution < 1.29 is 4.79 Å². The van der Waals surface area contributed by atoms with Gasteiger partial charge in [0, 0.05) is 13.6 Å². The molecule has 1 aromatic rings. The Balaban J connectivity index is 2.34. The highest BCUT2D eigenvalue weighted by atomic mass is 16.2. The van der Waals surface area contributed by atoms with Gasteiger partial charge in [-0.1, -0.05) is 0 Å². The summed E-state index contributed by atoms with van der Waals surface area (Å²) < 4.78 is 0. The van der Waals surface area contributed by atoms with Gasteiger partial charge in [0.1, 0.15) is 0 Å². The first-order valence-corrected chi connectivity index (χ1v) is 4.87. The largest absolute Gasteiger partial charge is 0.340 e. The maximum atomic E-state index is 11.7. The van der Waals surface area contributed by atoms with E-state index in [0.717, 1.165) is 19.5 Å². The van der Waals surface area contributed by atoms with Crippen LogP contribution in [0.3, 0.4) is 0 Å². The molecule has 15 heavy (non-hydrogen) atoms. The second-order valence-electron chi connectivity index (χ2n) is 3.74. The lowest BCUT2D eigenvalue weighted by Crippen LogP contribution is -2.30. The van der Waals surface area contributed by atoms with E-state index in [-0.39, 0.29) is 5.91 Å². The molecule has 1 rings (SSSR count). The van der Waals surface area contributed by atoms with Crippen LogP contribution in [0.15, 0.2) is 6.20 Å². The third-order valence-electron chi connectivity index (χ3n) is 2.08. The molecule has 0 aliphatic carbocycles. The molecule has 0 bridgehead atoms. The molecule has 1 heterocycles. The van der Waals surface area contributed by atoms with Crippen LogP contribution in [0.25, 0.3) is 0 Å². The highest BCUT2D eigenvalue weighted by Gasteiger charge is 2.13. The Labute approximate surface area is 89.3 Å². The Morgan fingerprint density at radius 2 is 2.13 bits per heavy atom. The second-order valence-corrected chi connectivity index (χ2v) is 3.74. The smallest absolute Gasteiger partial charge is 0.275 e. The number of aromatic amines is 1.